The highest BCUT2D eigenvalue weighted by Crippen LogP contribution is 2.39. The van der Waals surface area contributed by atoms with Gasteiger partial charge >= 0.3 is 6.18 Å². The average molecular weight is 346 g/mol. The van der Waals surface area contributed by atoms with Crippen molar-refractivity contribution in [1.29, 1.82) is 0 Å². The number of alkyl halides is 3. The lowest BCUT2D eigenvalue weighted by molar-refractivity contribution is -0.385. The maximum absolute atomic E-state index is 13.1. The summed E-state index contributed by atoms with van der Waals surface area (Å²) in [7, 11) is 0. The summed E-state index contributed by atoms with van der Waals surface area (Å²) < 4.78 is 50.1. The van der Waals surface area contributed by atoms with E-state index in [0.717, 1.165) is 25.2 Å². The summed E-state index contributed by atoms with van der Waals surface area (Å²) in [6.45, 7) is 2.89. The maximum Gasteiger partial charge on any atom is 0.420 e. The highest BCUT2D eigenvalue weighted by atomic mass is 19.4. The first-order valence-corrected chi connectivity index (χ1v) is 7.68. The van der Waals surface area contributed by atoms with Gasteiger partial charge in [0, 0.05) is 25.2 Å². The normalized spacial score (nSPS) is 20.6. The second kappa shape index (κ2) is 6.56. The summed E-state index contributed by atoms with van der Waals surface area (Å²) in [5.74, 6) is -0.349. The number of likely N-dealkylation sites (tertiary alicyclic amines) is 1. The average Bonchev–Trinajstić information content (AvgIpc) is 2.46. The van der Waals surface area contributed by atoms with Crippen LogP contribution in [0.3, 0.4) is 0 Å². The van der Waals surface area contributed by atoms with E-state index in [0.29, 0.717) is 38.2 Å². The molecule has 0 atom stereocenters. The Bertz CT molecular complexity index is 611. The molecule has 24 heavy (non-hydrogen) atoms. The molecule has 0 amide bonds. The lowest BCUT2D eigenvalue weighted by Crippen LogP contribution is -2.52. The van der Waals surface area contributed by atoms with Crippen LogP contribution in [0.1, 0.15) is 18.4 Å². The van der Waals surface area contributed by atoms with Crippen LogP contribution in [0.2, 0.25) is 0 Å². The molecule has 132 valence electrons. The number of nitrogens with zero attached hydrogens (tertiary/aromatic N) is 2. The van der Waals surface area contributed by atoms with E-state index in [9.17, 15) is 23.3 Å². The number of hydrogen-bond donors (Lipinski definition) is 0. The Kier molecular flexibility index (Phi) is 4.64. The first-order chi connectivity index (χ1) is 11.3. The molecule has 0 aliphatic carbocycles. The summed E-state index contributed by atoms with van der Waals surface area (Å²) in [5.41, 5.74) is -1.71. The van der Waals surface area contributed by atoms with Crippen molar-refractivity contribution in [3.63, 3.8) is 0 Å². The van der Waals surface area contributed by atoms with Crippen LogP contribution in [0.15, 0.2) is 18.2 Å². The molecule has 6 nitrogen and oxygen atoms in total. The van der Waals surface area contributed by atoms with Crippen LogP contribution < -0.4 is 4.74 Å². The lowest BCUT2D eigenvalue weighted by Gasteiger charge is -2.41. The zero-order valence-corrected chi connectivity index (χ0v) is 12.8. The third kappa shape index (κ3) is 3.62. The van der Waals surface area contributed by atoms with Crippen LogP contribution >= 0.6 is 0 Å². The largest absolute Gasteiger partial charge is 0.490 e. The number of ether oxygens (including phenoxy) is 2. The second-order valence-corrected chi connectivity index (χ2v) is 5.98. The summed E-state index contributed by atoms with van der Waals surface area (Å²) in [4.78, 5) is 12.1. The van der Waals surface area contributed by atoms with Gasteiger partial charge in [-0.15, -0.1) is 0 Å². The molecule has 2 heterocycles. The first kappa shape index (κ1) is 17.0. The number of halogens is 3. The molecule has 0 bridgehead atoms. The van der Waals surface area contributed by atoms with Crippen molar-refractivity contribution in [1.82, 2.24) is 4.90 Å². The molecule has 0 radical (unpaired) electrons. The van der Waals surface area contributed by atoms with Crippen molar-refractivity contribution in [3.05, 3.63) is 33.9 Å². The molecule has 2 fully saturated rings. The highest BCUT2D eigenvalue weighted by molar-refractivity contribution is 5.45. The van der Waals surface area contributed by atoms with Crippen molar-refractivity contribution in [2.24, 2.45) is 0 Å². The predicted molar refractivity (Wildman–Crippen MR) is 77.9 cm³/mol. The topological polar surface area (TPSA) is 64.8 Å². The fourth-order valence-corrected chi connectivity index (χ4v) is 2.93. The van der Waals surface area contributed by atoms with Gasteiger partial charge < -0.3 is 9.47 Å². The minimum absolute atomic E-state index is 0.329. The van der Waals surface area contributed by atoms with Gasteiger partial charge in [-0.05, 0) is 18.9 Å². The Balaban J connectivity index is 1.69. The molecule has 1 aromatic rings. The summed E-state index contributed by atoms with van der Waals surface area (Å²) in [5, 5.41) is 10.7. The molecule has 0 spiro atoms. The van der Waals surface area contributed by atoms with Gasteiger partial charge in [-0.2, -0.15) is 13.2 Å². The Labute approximate surface area is 136 Å². The minimum Gasteiger partial charge on any atom is -0.490 e. The van der Waals surface area contributed by atoms with Crippen LogP contribution in [-0.4, -0.2) is 48.3 Å². The van der Waals surface area contributed by atoms with Gasteiger partial charge in [-0.25, -0.2) is 0 Å². The van der Waals surface area contributed by atoms with Gasteiger partial charge in [0.25, 0.3) is 5.69 Å². The van der Waals surface area contributed by atoms with Gasteiger partial charge in [0.1, 0.15) is 17.4 Å². The van der Waals surface area contributed by atoms with Gasteiger partial charge in [0.2, 0.25) is 0 Å². The van der Waals surface area contributed by atoms with E-state index < -0.39 is 22.4 Å². The molecule has 3 rings (SSSR count). The minimum atomic E-state index is -4.70. The Hall–Kier alpha value is -1.87. The predicted octanol–water partition coefficient (Wildman–Crippen LogP) is 2.86. The second-order valence-electron chi connectivity index (χ2n) is 5.98. The SMILES string of the molecule is O=[N+]([O-])c1ccc(OC2CCN(C3COC3)CC2)c(C(F)(F)F)c1. The van der Waals surface area contributed by atoms with Gasteiger partial charge in [0.15, 0.2) is 0 Å². The number of hydrogen-bond acceptors (Lipinski definition) is 5. The molecule has 2 saturated heterocycles. The molecule has 2 aliphatic rings. The van der Waals surface area contributed by atoms with Crippen LogP contribution in [0.25, 0.3) is 0 Å². The third-order valence-corrected chi connectivity index (χ3v) is 4.39. The molecule has 2 aliphatic heterocycles. The van der Waals surface area contributed by atoms with Crippen LogP contribution in [0.4, 0.5) is 18.9 Å². The standard InChI is InChI=1S/C15H17F3N2O4/c16-15(17,18)13-7-10(20(21)22)1-2-14(13)24-12-3-5-19(6-4-12)11-8-23-9-11/h1-2,7,11-12H,3-6,8-9H2. The Morgan fingerprint density at radius 2 is 1.92 bits per heavy atom. The highest BCUT2D eigenvalue weighted by Gasteiger charge is 2.37. The summed E-state index contributed by atoms with van der Waals surface area (Å²) in [6.07, 6.45) is -3.80. The van der Waals surface area contributed by atoms with Crippen molar-refractivity contribution < 1.29 is 27.6 Å². The first-order valence-electron chi connectivity index (χ1n) is 7.68. The van der Waals surface area contributed by atoms with E-state index in [1.54, 1.807) is 0 Å². The zero-order valence-electron chi connectivity index (χ0n) is 12.8. The fraction of sp³-hybridized carbons (Fsp3) is 0.600. The van der Waals surface area contributed by atoms with E-state index >= 15 is 0 Å². The maximum atomic E-state index is 13.1. The molecule has 1 aromatic carbocycles. The smallest absolute Gasteiger partial charge is 0.420 e. The van der Waals surface area contributed by atoms with E-state index in [-0.39, 0.29) is 11.9 Å². The number of non-ortho nitro benzene ring substituents is 1. The van der Waals surface area contributed by atoms with Crippen molar-refractivity contribution >= 4 is 5.69 Å². The van der Waals surface area contributed by atoms with Crippen LogP contribution in [0.5, 0.6) is 5.75 Å². The molecule has 0 saturated carbocycles. The van der Waals surface area contributed by atoms with Crippen molar-refractivity contribution in [2.45, 2.75) is 31.2 Å². The summed E-state index contributed by atoms with van der Waals surface area (Å²) in [6, 6.07) is 2.99. The van der Waals surface area contributed by atoms with E-state index in [1.165, 1.54) is 0 Å². The Morgan fingerprint density at radius 1 is 1.25 bits per heavy atom. The zero-order chi connectivity index (χ0) is 17.3. The third-order valence-electron chi connectivity index (χ3n) is 4.39. The van der Waals surface area contributed by atoms with Crippen LogP contribution in [0, 0.1) is 10.1 Å². The van der Waals surface area contributed by atoms with Gasteiger partial charge in [-0.3, -0.25) is 15.0 Å². The number of nitro benzene ring substituents is 1. The van der Waals surface area contributed by atoms with Gasteiger partial charge in [0.05, 0.1) is 24.2 Å². The van der Waals surface area contributed by atoms with Crippen molar-refractivity contribution in [2.75, 3.05) is 26.3 Å². The van der Waals surface area contributed by atoms with E-state index in [1.807, 2.05) is 0 Å². The molecular formula is C15H17F3N2O4. The molecule has 9 heteroatoms. The molecule has 0 aromatic heterocycles. The number of piperidine rings is 1. The monoisotopic (exact) mass is 346 g/mol. The fourth-order valence-electron chi connectivity index (χ4n) is 2.93. The van der Waals surface area contributed by atoms with Gasteiger partial charge in [-0.1, -0.05) is 0 Å². The lowest BCUT2D eigenvalue weighted by atomic mass is 10.0. The molecule has 0 N–H and O–H groups in total. The number of nitro groups is 1. The van der Waals surface area contributed by atoms with Crippen LogP contribution in [-0.2, 0) is 10.9 Å². The number of rotatable bonds is 4. The Morgan fingerprint density at radius 3 is 2.42 bits per heavy atom. The quantitative estimate of drug-likeness (QED) is 0.620. The van der Waals surface area contributed by atoms with Crippen molar-refractivity contribution in [3.8, 4) is 5.75 Å². The van der Waals surface area contributed by atoms with E-state index in [4.69, 9.17) is 9.47 Å². The van der Waals surface area contributed by atoms with E-state index in [2.05, 4.69) is 4.90 Å². The molecule has 0 unspecified atom stereocenters. The number of benzene rings is 1. The summed E-state index contributed by atoms with van der Waals surface area (Å²) >= 11 is 0. The molecular weight excluding hydrogens is 329 g/mol.